The lowest BCUT2D eigenvalue weighted by Gasteiger charge is -1.64. The van der Waals surface area contributed by atoms with Crippen molar-refractivity contribution in [3.05, 3.63) is 10.4 Å². The molecule has 0 rings (SSSR count). The lowest BCUT2D eigenvalue weighted by atomic mass is 12.6. The standard InChI is InChI=1S/H2N4O/c1-2-3-4-5/h4-5H. The normalized spacial score (nSPS) is 5.00. The van der Waals surface area contributed by atoms with E-state index in [4.69, 9.17) is 10.7 Å². The molecule has 0 spiro atoms. The molecule has 5 heavy (non-hydrogen) atoms. The van der Waals surface area contributed by atoms with Crippen LogP contribution in [0.15, 0.2) is 5.22 Å². The molecular weight excluding hydrogens is 72.0 g/mol. The lowest BCUT2D eigenvalue weighted by Crippen LogP contribution is -1.89. The van der Waals surface area contributed by atoms with Crippen molar-refractivity contribution in [2.24, 2.45) is 5.22 Å². The van der Waals surface area contributed by atoms with Crippen LogP contribution < -0.4 is 5.59 Å². The molecule has 0 atom stereocenters. The van der Waals surface area contributed by atoms with E-state index >= 15 is 0 Å². The summed E-state index contributed by atoms with van der Waals surface area (Å²) < 4.78 is 0. The lowest BCUT2D eigenvalue weighted by molar-refractivity contribution is 0.169. The largest absolute Gasteiger partial charge is 0.208 e. The van der Waals surface area contributed by atoms with E-state index in [9.17, 15) is 0 Å². The summed E-state index contributed by atoms with van der Waals surface area (Å²) in [5, 5.41) is 9.85. The number of nitrogens with zero attached hydrogens (tertiary/aromatic N) is 3. The first kappa shape index (κ1) is 4.07. The molecule has 0 aromatic carbocycles. The van der Waals surface area contributed by atoms with Crippen LogP contribution in [0.25, 0.3) is 10.4 Å². The third-order valence-electron chi connectivity index (χ3n) is 0.0894. The number of hydrogen-bond acceptors (Lipinski definition) is 2. The molecule has 0 unspecified atom stereocenters. The second-order valence-electron chi connectivity index (χ2n) is 0.289. The van der Waals surface area contributed by atoms with Crippen molar-refractivity contribution in [2.45, 2.75) is 0 Å². The third-order valence-corrected chi connectivity index (χ3v) is 0.0894. The molecular formula is H2N4O. The van der Waals surface area contributed by atoms with Gasteiger partial charge in [-0.3, -0.25) is 0 Å². The van der Waals surface area contributed by atoms with E-state index in [0.717, 1.165) is 0 Å². The fourth-order valence-corrected chi connectivity index (χ4v) is 0.0200. The number of hydrogen-bond donors (Lipinski definition) is 2. The van der Waals surface area contributed by atoms with Crippen molar-refractivity contribution in [3.8, 4) is 0 Å². The minimum Gasteiger partial charge on any atom is -0.208 e. The summed E-state index contributed by atoms with van der Waals surface area (Å²) in [5.74, 6) is 0. The Morgan fingerprint density at radius 3 is 2.60 bits per heavy atom. The Hall–Kier alpha value is -0.930. The van der Waals surface area contributed by atoms with Crippen LogP contribution in [0.1, 0.15) is 0 Å². The van der Waals surface area contributed by atoms with Crippen LogP contribution in [0.5, 0.6) is 0 Å². The maximum absolute atomic E-state index is 7.40. The first-order valence-electron chi connectivity index (χ1n) is 0.847. The van der Waals surface area contributed by atoms with Crippen LogP contribution in [0.3, 0.4) is 0 Å². The molecule has 0 saturated carbocycles. The molecule has 2 N–H and O–H groups in total. The van der Waals surface area contributed by atoms with Crippen molar-refractivity contribution in [2.75, 3.05) is 0 Å². The molecule has 0 aliphatic heterocycles. The summed E-state index contributed by atoms with van der Waals surface area (Å²) >= 11 is 0. The third kappa shape index (κ3) is 3.07. The van der Waals surface area contributed by atoms with Crippen molar-refractivity contribution in [1.29, 1.82) is 0 Å². The number of rotatable bonds is 1. The summed E-state index contributed by atoms with van der Waals surface area (Å²) in [6.07, 6.45) is 0. The molecule has 0 heterocycles. The topological polar surface area (TPSA) is 81.0 Å². The van der Waals surface area contributed by atoms with Gasteiger partial charge in [0.15, 0.2) is 0 Å². The van der Waals surface area contributed by atoms with Crippen LogP contribution in [0, 0.1) is 0 Å². The summed E-state index contributed by atoms with van der Waals surface area (Å²) in [6, 6.07) is 0. The van der Waals surface area contributed by atoms with E-state index in [1.54, 1.807) is 0 Å². The SMILES string of the molecule is [N-]=[N+]=NNO. The number of nitrogens with one attached hydrogen (secondary N) is 1. The Morgan fingerprint density at radius 2 is 2.60 bits per heavy atom. The monoisotopic (exact) mass is 74.0 g/mol. The molecule has 0 bridgehead atoms. The molecule has 0 aliphatic rings. The van der Waals surface area contributed by atoms with E-state index in [1.165, 1.54) is 5.59 Å². The second kappa shape index (κ2) is 3.07. The average molecular weight is 74.0 g/mol. The second-order valence-corrected chi connectivity index (χ2v) is 0.289. The van der Waals surface area contributed by atoms with Crippen LogP contribution in [0.2, 0.25) is 0 Å². The van der Waals surface area contributed by atoms with Gasteiger partial charge in [-0.15, -0.1) is 11.1 Å². The van der Waals surface area contributed by atoms with Gasteiger partial charge < -0.3 is 0 Å². The Morgan fingerprint density at radius 1 is 2.00 bits per heavy atom. The number of azide groups is 1. The first-order chi connectivity index (χ1) is 2.41. The first-order valence-corrected chi connectivity index (χ1v) is 0.847. The van der Waals surface area contributed by atoms with Gasteiger partial charge in [0.05, 0.1) is 0 Å². The average Bonchev–Trinajstić information content (AvgIpc) is 1.41. The molecule has 5 nitrogen and oxygen atoms in total. The Labute approximate surface area is 27.8 Å². The highest BCUT2D eigenvalue weighted by Crippen LogP contribution is 1.47. The van der Waals surface area contributed by atoms with Crippen LogP contribution in [-0.2, 0) is 0 Å². The summed E-state index contributed by atoms with van der Waals surface area (Å²) in [6.45, 7) is 0. The molecule has 0 amide bonds. The van der Waals surface area contributed by atoms with Crippen molar-refractivity contribution >= 4 is 0 Å². The zero-order valence-corrected chi connectivity index (χ0v) is 2.29. The van der Waals surface area contributed by atoms with E-state index in [1.807, 2.05) is 0 Å². The van der Waals surface area contributed by atoms with E-state index < -0.39 is 0 Å². The van der Waals surface area contributed by atoms with Gasteiger partial charge in [-0.25, -0.2) is 5.21 Å². The van der Waals surface area contributed by atoms with Crippen molar-refractivity contribution < 1.29 is 5.21 Å². The summed E-state index contributed by atoms with van der Waals surface area (Å²) in [5.41, 5.74) is 8.53. The zero-order chi connectivity index (χ0) is 4.12. The highest BCUT2D eigenvalue weighted by molar-refractivity contribution is 4.28. The molecule has 0 fully saturated rings. The Kier molecular flexibility index (Phi) is 2.50. The maximum Gasteiger partial charge on any atom is 0.0110 e. The van der Waals surface area contributed by atoms with Gasteiger partial charge in [0.1, 0.15) is 0 Å². The van der Waals surface area contributed by atoms with Crippen molar-refractivity contribution in [3.63, 3.8) is 0 Å². The molecule has 28 valence electrons. The Balaban J connectivity index is 2.93. The minimum atomic E-state index is 1.23. The van der Waals surface area contributed by atoms with Gasteiger partial charge in [-0.2, -0.15) is 4.91 Å². The van der Waals surface area contributed by atoms with Gasteiger partial charge in [0.25, 0.3) is 0 Å². The quantitative estimate of drug-likeness (QED) is 0.201. The van der Waals surface area contributed by atoms with Gasteiger partial charge >= 0.3 is 0 Å². The zero-order valence-electron chi connectivity index (χ0n) is 2.29. The van der Waals surface area contributed by atoms with Crippen LogP contribution >= 0.6 is 0 Å². The van der Waals surface area contributed by atoms with E-state index in [0.29, 0.717) is 0 Å². The van der Waals surface area contributed by atoms with Gasteiger partial charge in [-0.05, 0) is 0 Å². The predicted octanol–water partition coefficient (Wildman–Crippen LogP) is 0.191. The molecule has 0 saturated heterocycles. The Bertz CT molecular complexity index is 50.7. The van der Waals surface area contributed by atoms with E-state index in [-0.39, 0.29) is 0 Å². The minimum absolute atomic E-state index is 1.23. The summed E-state index contributed by atoms with van der Waals surface area (Å²) in [7, 11) is 0. The summed E-state index contributed by atoms with van der Waals surface area (Å²) in [4.78, 5) is 2.12. The smallest absolute Gasteiger partial charge is 0.0110 e. The highest BCUT2D eigenvalue weighted by atomic mass is 16.5. The molecule has 0 aromatic heterocycles. The fourth-order valence-electron chi connectivity index (χ4n) is 0.0200. The fraction of sp³-hybridized carbons (Fsp3) is 0. The van der Waals surface area contributed by atoms with Gasteiger partial charge in [0.2, 0.25) is 0 Å². The van der Waals surface area contributed by atoms with Crippen molar-refractivity contribution in [1.82, 2.24) is 5.59 Å². The molecule has 5 heteroatoms. The maximum atomic E-state index is 7.40. The van der Waals surface area contributed by atoms with E-state index in [2.05, 4.69) is 10.1 Å². The van der Waals surface area contributed by atoms with Gasteiger partial charge in [0, 0.05) is 5.22 Å². The van der Waals surface area contributed by atoms with Crippen LogP contribution in [-0.4, -0.2) is 5.21 Å². The molecule has 0 aliphatic carbocycles. The molecule has 0 aromatic rings. The predicted molar refractivity (Wildman–Crippen MR) is 14.1 cm³/mol. The van der Waals surface area contributed by atoms with Gasteiger partial charge in [-0.1, -0.05) is 0 Å². The van der Waals surface area contributed by atoms with Crippen LogP contribution in [0.4, 0.5) is 0 Å². The highest BCUT2D eigenvalue weighted by Gasteiger charge is 1.44. The molecule has 0 radical (unpaired) electrons.